The standard InChI is InChI=1S/C8H8N4O2S/c1-5-4-15-8(10-5)12-6(2-7(13)14)3-9-11-12/h3-4H,2H2,1H3,(H,13,14). The number of aryl methyl sites for hydroxylation is 1. The molecule has 6 nitrogen and oxygen atoms in total. The maximum Gasteiger partial charge on any atom is 0.309 e. The molecule has 0 aromatic carbocycles. The molecule has 0 aliphatic heterocycles. The Bertz CT molecular complexity index is 490. The van der Waals surface area contributed by atoms with Crippen LogP contribution in [0.15, 0.2) is 11.6 Å². The number of hydrogen-bond donors (Lipinski definition) is 1. The van der Waals surface area contributed by atoms with Gasteiger partial charge in [-0.3, -0.25) is 4.79 Å². The van der Waals surface area contributed by atoms with Crippen molar-refractivity contribution in [3.8, 4) is 5.13 Å². The summed E-state index contributed by atoms with van der Waals surface area (Å²) in [5.74, 6) is -0.910. The molecule has 2 aromatic rings. The molecule has 0 bridgehead atoms. The summed E-state index contributed by atoms with van der Waals surface area (Å²) in [4.78, 5) is 14.8. The van der Waals surface area contributed by atoms with Gasteiger partial charge in [-0.1, -0.05) is 5.21 Å². The fraction of sp³-hybridized carbons (Fsp3) is 0.250. The van der Waals surface area contributed by atoms with Gasteiger partial charge in [0.15, 0.2) is 0 Å². The topological polar surface area (TPSA) is 80.9 Å². The van der Waals surface area contributed by atoms with Crippen LogP contribution >= 0.6 is 11.3 Å². The molecule has 2 heterocycles. The van der Waals surface area contributed by atoms with Gasteiger partial charge in [-0.05, 0) is 6.92 Å². The van der Waals surface area contributed by atoms with Crippen molar-refractivity contribution in [2.45, 2.75) is 13.3 Å². The van der Waals surface area contributed by atoms with Crippen LogP contribution in [0.5, 0.6) is 0 Å². The van der Waals surface area contributed by atoms with Crippen LogP contribution in [0.2, 0.25) is 0 Å². The van der Waals surface area contributed by atoms with E-state index in [2.05, 4.69) is 15.3 Å². The number of carbonyl (C=O) groups is 1. The Labute approximate surface area is 89.2 Å². The number of nitrogens with zero attached hydrogens (tertiary/aromatic N) is 4. The number of carboxylic acids is 1. The molecule has 0 radical (unpaired) electrons. The number of hydrogen-bond acceptors (Lipinski definition) is 5. The van der Waals surface area contributed by atoms with Gasteiger partial charge in [-0.2, -0.15) is 4.68 Å². The fourth-order valence-corrected chi connectivity index (χ4v) is 1.91. The van der Waals surface area contributed by atoms with Crippen molar-refractivity contribution in [1.29, 1.82) is 0 Å². The Balaban J connectivity index is 2.36. The van der Waals surface area contributed by atoms with Crippen molar-refractivity contribution in [3.63, 3.8) is 0 Å². The van der Waals surface area contributed by atoms with E-state index in [1.165, 1.54) is 22.2 Å². The summed E-state index contributed by atoms with van der Waals surface area (Å²) in [6, 6.07) is 0. The van der Waals surface area contributed by atoms with Gasteiger partial charge < -0.3 is 5.11 Å². The van der Waals surface area contributed by atoms with E-state index >= 15 is 0 Å². The van der Waals surface area contributed by atoms with Gasteiger partial charge in [0.05, 0.1) is 24.0 Å². The van der Waals surface area contributed by atoms with Crippen molar-refractivity contribution >= 4 is 17.3 Å². The van der Waals surface area contributed by atoms with E-state index in [1.54, 1.807) is 0 Å². The minimum Gasteiger partial charge on any atom is -0.481 e. The quantitative estimate of drug-likeness (QED) is 0.828. The van der Waals surface area contributed by atoms with Crippen LogP contribution in [-0.4, -0.2) is 31.1 Å². The van der Waals surface area contributed by atoms with Crippen LogP contribution in [-0.2, 0) is 11.2 Å². The van der Waals surface area contributed by atoms with Crippen LogP contribution in [0.4, 0.5) is 0 Å². The highest BCUT2D eigenvalue weighted by Crippen LogP contribution is 2.15. The average molecular weight is 224 g/mol. The van der Waals surface area contributed by atoms with Crippen molar-refractivity contribution < 1.29 is 9.90 Å². The van der Waals surface area contributed by atoms with Crippen molar-refractivity contribution in [3.05, 3.63) is 23.0 Å². The molecule has 0 saturated carbocycles. The molecule has 2 aromatic heterocycles. The summed E-state index contributed by atoms with van der Waals surface area (Å²) in [6.07, 6.45) is 1.33. The summed E-state index contributed by atoms with van der Waals surface area (Å²) < 4.78 is 1.45. The molecule has 0 atom stereocenters. The zero-order valence-electron chi connectivity index (χ0n) is 7.91. The first-order valence-corrected chi connectivity index (χ1v) is 5.08. The predicted molar refractivity (Wildman–Crippen MR) is 53.1 cm³/mol. The van der Waals surface area contributed by atoms with Gasteiger partial charge in [0.2, 0.25) is 5.13 Å². The first-order chi connectivity index (χ1) is 7.16. The van der Waals surface area contributed by atoms with Gasteiger partial charge in [-0.15, -0.1) is 16.4 Å². The molecule has 78 valence electrons. The van der Waals surface area contributed by atoms with E-state index in [0.717, 1.165) is 5.69 Å². The van der Waals surface area contributed by atoms with E-state index < -0.39 is 5.97 Å². The minimum atomic E-state index is -0.910. The average Bonchev–Trinajstić information content (AvgIpc) is 2.72. The molecule has 2 rings (SSSR count). The molecule has 0 saturated heterocycles. The second-order valence-corrected chi connectivity index (χ2v) is 3.82. The lowest BCUT2D eigenvalue weighted by molar-refractivity contribution is -0.136. The first kappa shape index (κ1) is 9.78. The minimum absolute atomic E-state index is 0.106. The third kappa shape index (κ3) is 2.01. The highest BCUT2D eigenvalue weighted by atomic mass is 32.1. The van der Waals surface area contributed by atoms with Crippen LogP contribution in [0.25, 0.3) is 5.13 Å². The van der Waals surface area contributed by atoms with Crippen LogP contribution in [0, 0.1) is 6.92 Å². The zero-order valence-corrected chi connectivity index (χ0v) is 8.73. The molecule has 0 spiro atoms. The number of carboxylic acid groups (broad SMARTS) is 1. The Morgan fingerprint density at radius 2 is 2.47 bits per heavy atom. The van der Waals surface area contributed by atoms with E-state index in [0.29, 0.717) is 10.8 Å². The smallest absolute Gasteiger partial charge is 0.309 e. The van der Waals surface area contributed by atoms with E-state index in [1.807, 2.05) is 12.3 Å². The highest BCUT2D eigenvalue weighted by molar-refractivity contribution is 7.12. The molecule has 0 amide bonds. The third-order valence-corrected chi connectivity index (χ3v) is 2.67. The maximum absolute atomic E-state index is 10.6. The molecule has 0 aliphatic rings. The van der Waals surface area contributed by atoms with Gasteiger partial charge >= 0.3 is 5.97 Å². The maximum atomic E-state index is 10.6. The SMILES string of the molecule is Cc1csc(-n2nncc2CC(=O)O)n1. The monoisotopic (exact) mass is 224 g/mol. The Hall–Kier alpha value is -1.76. The summed E-state index contributed by atoms with van der Waals surface area (Å²) in [7, 11) is 0. The molecule has 7 heteroatoms. The molecular formula is C8H8N4O2S. The normalized spacial score (nSPS) is 10.5. The van der Waals surface area contributed by atoms with E-state index in [-0.39, 0.29) is 6.42 Å². The second kappa shape index (κ2) is 3.77. The molecule has 1 N–H and O–H groups in total. The molecular weight excluding hydrogens is 216 g/mol. The van der Waals surface area contributed by atoms with Crippen LogP contribution < -0.4 is 0 Å². The van der Waals surface area contributed by atoms with Crippen molar-refractivity contribution in [2.75, 3.05) is 0 Å². The van der Waals surface area contributed by atoms with Crippen molar-refractivity contribution in [2.24, 2.45) is 0 Å². The zero-order chi connectivity index (χ0) is 10.8. The summed E-state index contributed by atoms with van der Waals surface area (Å²) in [5, 5.41) is 18.7. The second-order valence-electron chi connectivity index (χ2n) is 2.98. The van der Waals surface area contributed by atoms with Crippen molar-refractivity contribution in [1.82, 2.24) is 20.0 Å². The lowest BCUT2D eigenvalue weighted by Crippen LogP contribution is -2.07. The molecule has 0 aliphatic carbocycles. The molecule has 0 unspecified atom stereocenters. The predicted octanol–water partition coefficient (Wildman–Crippen LogP) is 0.659. The molecule has 0 fully saturated rings. The Morgan fingerprint density at radius 3 is 3.07 bits per heavy atom. The van der Waals surface area contributed by atoms with Gasteiger partial charge in [0, 0.05) is 5.38 Å². The van der Waals surface area contributed by atoms with E-state index in [4.69, 9.17) is 5.11 Å². The number of aliphatic carboxylic acids is 1. The summed E-state index contributed by atoms with van der Waals surface area (Å²) in [5.41, 5.74) is 1.41. The Kier molecular flexibility index (Phi) is 2.46. The van der Waals surface area contributed by atoms with E-state index in [9.17, 15) is 4.79 Å². The lowest BCUT2D eigenvalue weighted by Gasteiger charge is -1.98. The highest BCUT2D eigenvalue weighted by Gasteiger charge is 2.11. The fourth-order valence-electron chi connectivity index (χ4n) is 1.13. The third-order valence-electron chi connectivity index (χ3n) is 1.74. The van der Waals surface area contributed by atoms with Gasteiger partial charge in [-0.25, -0.2) is 4.98 Å². The summed E-state index contributed by atoms with van der Waals surface area (Å²) >= 11 is 1.40. The lowest BCUT2D eigenvalue weighted by atomic mass is 10.3. The number of aromatic nitrogens is 4. The van der Waals surface area contributed by atoms with Crippen LogP contribution in [0.3, 0.4) is 0 Å². The Morgan fingerprint density at radius 1 is 1.67 bits per heavy atom. The van der Waals surface area contributed by atoms with Gasteiger partial charge in [0.1, 0.15) is 0 Å². The molecule has 15 heavy (non-hydrogen) atoms. The first-order valence-electron chi connectivity index (χ1n) is 4.20. The number of rotatable bonds is 3. The number of thiazole rings is 1. The van der Waals surface area contributed by atoms with Crippen LogP contribution in [0.1, 0.15) is 11.4 Å². The largest absolute Gasteiger partial charge is 0.481 e. The van der Waals surface area contributed by atoms with Gasteiger partial charge in [0.25, 0.3) is 0 Å². The summed E-state index contributed by atoms with van der Waals surface area (Å²) in [6.45, 7) is 1.87.